The van der Waals surface area contributed by atoms with Crippen molar-refractivity contribution >= 4 is 40.9 Å². The fourth-order valence-electron chi connectivity index (χ4n) is 3.13. The van der Waals surface area contributed by atoms with Gasteiger partial charge in [0.2, 0.25) is 5.91 Å². The molecule has 3 rings (SSSR count). The first-order chi connectivity index (χ1) is 15.4. The minimum atomic E-state index is -0.261. The molecule has 1 aromatic heterocycles. The summed E-state index contributed by atoms with van der Waals surface area (Å²) in [4.78, 5) is 24.8. The van der Waals surface area contributed by atoms with Crippen LogP contribution in [-0.4, -0.2) is 32.3 Å². The molecule has 0 aliphatic carbocycles. The topological polar surface area (TPSA) is 88.9 Å². The Bertz CT molecular complexity index is 1120. The number of halogens is 1. The van der Waals surface area contributed by atoms with Crippen LogP contribution < -0.4 is 10.6 Å². The maximum atomic E-state index is 12.4. The van der Waals surface area contributed by atoms with Crippen molar-refractivity contribution in [2.24, 2.45) is 0 Å². The molecular formula is C23H24ClN5O2S. The first-order valence-corrected chi connectivity index (χ1v) is 11.3. The second-order valence-electron chi connectivity index (χ2n) is 7.20. The van der Waals surface area contributed by atoms with E-state index in [0.29, 0.717) is 28.1 Å². The number of aryl methyl sites for hydroxylation is 2. The Hall–Kier alpha value is -3.10. The van der Waals surface area contributed by atoms with E-state index >= 15 is 0 Å². The van der Waals surface area contributed by atoms with Crippen molar-refractivity contribution in [3.8, 4) is 0 Å². The van der Waals surface area contributed by atoms with Crippen molar-refractivity contribution in [1.82, 2.24) is 20.1 Å². The lowest BCUT2D eigenvalue weighted by atomic mass is 10.1. The molecule has 0 bridgehead atoms. The maximum absolute atomic E-state index is 12.4. The van der Waals surface area contributed by atoms with Crippen LogP contribution in [0.15, 0.2) is 60.3 Å². The highest BCUT2D eigenvalue weighted by atomic mass is 35.5. The SMILES string of the molecule is C=CCn1c(CNC(=O)c2cccc(Cl)c2)nnc1SCC(=O)Nc1cc(C)cc(C)c1. The van der Waals surface area contributed by atoms with Crippen molar-refractivity contribution in [3.63, 3.8) is 0 Å². The molecule has 2 aromatic carbocycles. The molecule has 1 heterocycles. The van der Waals surface area contributed by atoms with Gasteiger partial charge in [0.05, 0.1) is 12.3 Å². The van der Waals surface area contributed by atoms with Crippen LogP contribution >= 0.6 is 23.4 Å². The molecule has 9 heteroatoms. The zero-order valence-corrected chi connectivity index (χ0v) is 19.5. The number of carbonyl (C=O) groups is 2. The first kappa shape index (κ1) is 23.6. The van der Waals surface area contributed by atoms with Gasteiger partial charge in [-0.1, -0.05) is 41.6 Å². The Morgan fingerprint density at radius 2 is 1.91 bits per heavy atom. The molecule has 0 unspecified atom stereocenters. The fraction of sp³-hybridized carbons (Fsp3) is 0.217. The lowest BCUT2D eigenvalue weighted by Crippen LogP contribution is -2.24. The van der Waals surface area contributed by atoms with Gasteiger partial charge < -0.3 is 15.2 Å². The summed E-state index contributed by atoms with van der Waals surface area (Å²) < 4.78 is 1.82. The highest BCUT2D eigenvalue weighted by Gasteiger charge is 2.15. The number of nitrogens with zero attached hydrogens (tertiary/aromatic N) is 3. The minimum Gasteiger partial charge on any atom is -0.345 e. The molecule has 166 valence electrons. The van der Waals surface area contributed by atoms with Gasteiger partial charge in [-0.3, -0.25) is 9.59 Å². The molecule has 0 spiro atoms. The third-order valence-electron chi connectivity index (χ3n) is 4.44. The van der Waals surface area contributed by atoms with Crippen molar-refractivity contribution in [1.29, 1.82) is 0 Å². The number of nitrogens with one attached hydrogen (secondary N) is 2. The van der Waals surface area contributed by atoms with Crippen LogP contribution in [0.25, 0.3) is 0 Å². The van der Waals surface area contributed by atoms with Gasteiger partial charge in [-0.15, -0.1) is 16.8 Å². The molecule has 0 saturated heterocycles. The summed E-state index contributed by atoms with van der Waals surface area (Å²) in [5.74, 6) is 0.348. The molecule has 7 nitrogen and oxygen atoms in total. The summed E-state index contributed by atoms with van der Waals surface area (Å²) in [5.41, 5.74) is 3.40. The van der Waals surface area contributed by atoms with Crippen LogP contribution in [0.4, 0.5) is 5.69 Å². The predicted molar refractivity (Wildman–Crippen MR) is 128 cm³/mol. The number of carbonyl (C=O) groups excluding carboxylic acids is 2. The van der Waals surface area contributed by atoms with Gasteiger partial charge in [0, 0.05) is 22.8 Å². The zero-order chi connectivity index (χ0) is 23.1. The summed E-state index contributed by atoms with van der Waals surface area (Å²) >= 11 is 7.23. The average molecular weight is 470 g/mol. The van der Waals surface area contributed by atoms with E-state index in [0.717, 1.165) is 16.8 Å². The molecule has 0 radical (unpaired) electrons. The lowest BCUT2D eigenvalue weighted by Gasteiger charge is -2.10. The second-order valence-corrected chi connectivity index (χ2v) is 8.58. The first-order valence-electron chi connectivity index (χ1n) is 9.93. The lowest BCUT2D eigenvalue weighted by molar-refractivity contribution is -0.113. The highest BCUT2D eigenvalue weighted by molar-refractivity contribution is 7.99. The van der Waals surface area contributed by atoms with Gasteiger partial charge in [0.15, 0.2) is 11.0 Å². The van der Waals surface area contributed by atoms with E-state index in [1.807, 2.05) is 30.5 Å². The monoisotopic (exact) mass is 469 g/mol. The number of aromatic nitrogens is 3. The van der Waals surface area contributed by atoms with Crippen LogP contribution in [0.3, 0.4) is 0 Å². The summed E-state index contributed by atoms with van der Waals surface area (Å²) in [6, 6.07) is 12.6. The zero-order valence-electron chi connectivity index (χ0n) is 17.9. The molecule has 2 amide bonds. The number of hydrogen-bond donors (Lipinski definition) is 2. The third-order valence-corrected chi connectivity index (χ3v) is 5.64. The average Bonchev–Trinajstić information content (AvgIpc) is 3.11. The van der Waals surface area contributed by atoms with E-state index in [4.69, 9.17) is 11.6 Å². The van der Waals surface area contributed by atoms with Crippen molar-refractivity contribution in [2.75, 3.05) is 11.1 Å². The number of allylic oxidation sites excluding steroid dienone is 1. The Morgan fingerprint density at radius 3 is 2.59 bits per heavy atom. The van der Waals surface area contributed by atoms with E-state index in [1.165, 1.54) is 11.8 Å². The molecule has 0 aliphatic heterocycles. The predicted octanol–water partition coefficient (Wildman–Crippen LogP) is 4.40. The smallest absolute Gasteiger partial charge is 0.251 e. The van der Waals surface area contributed by atoms with Crippen LogP contribution in [0.1, 0.15) is 27.3 Å². The summed E-state index contributed by atoms with van der Waals surface area (Å²) in [7, 11) is 0. The van der Waals surface area contributed by atoms with Crippen molar-refractivity contribution in [3.05, 3.63) is 82.7 Å². The fourth-order valence-corrected chi connectivity index (χ4v) is 4.09. The van der Waals surface area contributed by atoms with Gasteiger partial charge in [-0.25, -0.2) is 0 Å². The minimum absolute atomic E-state index is 0.135. The summed E-state index contributed by atoms with van der Waals surface area (Å²) in [6.45, 7) is 8.38. The molecular weight excluding hydrogens is 446 g/mol. The molecule has 0 saturated carbocycles. The van der Waals surface area contributed by atoms with Crippen LogP contribution in [0.2, 0.25) is 5.02 Å². The number of amides is 2. The van der Waals surface area contributed by atoms with Crippen LogP contribution in [-0.2, 0) is 17.9 Å². The molecule has 0 aliphatic rings. The van der Waals surface area contributed by atoms with E-state index in [9.17, 15) is 9.59 Å². The summed E-state index contributed by atoms with van der Waals surface area (Å²) in [5, 5.41) is 15.2. The van der Waals surface area contributed by atoms with Gasteiger partial charge in [-0.05, 0) is 55.3 Å². The van der Waals surface area contributed by atoms with Crippen molar-refractivity contribution < 1.29 is 9.59 Å². The molecule has 32 heavy (non-hydrogen) atoms. The third kappa shape index (κ3) is 6.45. The van der Waals surface area contributed by atoms with E-state index in [-0.39, 0.29) is 24.1 Å². The Morgan fingerprint density at radius 1 is 1.16 bits per heavy atom. The van der Waals surface area contributed by atoms with Gasteiger partial charge in [0.1, 0.15) is 0 Å². The molecule has 0 fully saturated rings. The Kier molecular flexibility index (Phi) is 8.08. The quantitative estimate of drug-likeness (QED) is 0.358. The maximum Gasteiger partial charge on any atom is 0.251 e. The van der Waals surface area contributed by atoms with Crippen LogP contribution in [0.5, 0.6) is 0 Å². The number of benzene rings is 2. The standard InChI is InChI=1S/C23H24ClN5O2S/c1-4-8-29-20(13-25-22(31)17-6-5-7-18(24)12-17)27-28-23(29)32-14-21(30)26-19-10-15(2)9-16(3)11-19/h4-7,9-12H,1,8,13-14H2,2-3H3,(H,25,31)(H,26,30). The number of thioether (sulfide) groups is 1. The largest absolute Gasteiger partial charge is 0.345 e. The van der Waals surface area contributed by atoms with E-state index < -0.39 is 0 Å². The van der Waals surface area contributed by atoms with Gasteiger partial charge >= 0.3 is 0 Å². The number of rotatable bonds is 9. The molecule has 3 aromatic rings. The second kappa shape index (κ2) is 11.0. The highest BCUT2D eigenvalue weighted by Crippen LogP contribution is 2.19. The van der Waals surface area contributed by atoms with Gasteiger partial charge in [-0.2, -0.15) is 0 Å². The molecule has 2 N–H and O–H groups in total. The Balaban J connectivity index is 1.61. The number of hydrogen-bond acceptors (Lipinski definition) is 5. The Labute approximate surface area is 196 Å². The normalized spacial score (nSPS) is 10.6. The van der Waals surface area contributed by atoms with Gasteiger partial charge in [0.25, 0.3) is 5.91 Å². The van der Waals surface area contributed by atoms with Crippen LogP contribution in [0, 0.1) is 13.8 Å². The van der Waals surface area contributed by atoms with Crippen molar-refractivity contribution in [2.45, 2.75) is 32.1 Å². The number of anilines is 1. The van der Waals surface area contributed by atoms with E-state index in [1.54, 1.807) is 30.3 Å². The summed E-state index contributed by atoms with van der Waals surface area (Å²) in [6.07, 6.45) is 1.71. The molecule has 0 atom stereocenters. The van der Waals surface area contributed by atoms with E-state index in [2.05, 4.69) is 33.5 Å².